The third-order valence-corrected chi connectivity index (χ3v) is 4.36. The first kappa shape index (κ1) is 13.8. The predicted molar refractivity (Wildman–Crippen MR) is 69.6 cm³/mol. The lowest BCUT2D eigenvalue weighted by molar-refractivity contribution is -0.144. The zero-order chi connectivity index (χ0) is 13.0. The third kappa shape index (κ3) is 3.69. The molecular weight excluding hydrogens is 230 g/mol. The summed E-state index contributed by atoms with van der Waals surface area (Å²) in [4.78, 5) is 13.4. The van der Waals surface area contributed by atoms with Crippen LogP contribution < -0.4 is 0 Å². The van der Waals surface area contributed by atoms with Crippen LogP contribution in [0.4, 0.5) is 0 Å². The minimum Gasteiger partial charge on any atom is -0.481 e. The second kappa shape index (κ2) is 6.53. The van der Waals surface area contributed by atoms with Gasteiger partial charge in [-0.15, -0.1) is 0 Å². The molecule has 2 heterocycles. The van der Waals surface area contributed by atoms with Gasteiger partial charge in [-0.1, -0.05) is 0 Å². The van der Waals surface area contributed by atoms with Gasteiger partial charge < -0.3 is 14.7 Å². The number of piperidine rings is 1. The van der Waals surface area contributed by atoms with Crippen molar-refractivity contribution in [2.75, 3.05) is 19.7 Å². The maximum atomic E-state index is 11.0. The first-order valence-corrected chi connectivity index (χ1v) is 7.25. The fourth-order valence-electron chi connectivity index (χ4n) is 3.17. The highest BCUT2D eigenvalue weighted by Crippen LogP contribution is 2.24. The molecule has 2 aliphatic rings. The van der Waals surface area contributed by atoms with E-state index in [9.17, 15) is 4.79 Å². The summed E-state index contributed by atoms with van der Waals surface area (Å²) in [6, 6.07) is 0.407. The fourth-order valence-corrected chi connectivity index (χ4v) is 3.17. The molecule has 2 saturated heterocycles. The molecule has 0 aromatic rings. The van der Waals surface area contributed by atoms with Crippen LogP contribution in [0.15, 0.2) is 0 Å². The average molecular weight is 255 g/mol. The molecule has 4 heteroatoms. The van der Waals surface area contributed by atoms with Crippen LogP contribution in [0.2, 0.25) is 0 Å². The van der Waals surface area contributed by atoms with Gasteiger partial charge in [-0.05, 0) is 58.5 Å². The van der Waals surface area contributed by atoms with Crippen LogP contribution in [0.3, 0.4) is 0 Å². The molecule has 0 amide bonds. The Bertz CT molecular complexity index is 276. The summed E-state index contributed by atoms with van der Waals surface area (Å²) in [6.45, 7) is 5.11. The van der Waals surface area contributed by atoms with Crippen LogP contribution in [-0.2, 0) is 9.53 Å². The van der Waals surface area contributed by atoms with E-state index < -0.39 is 5.97 Å². The zero-order valence-electron chi connectivity index (χ0n) is 11.3. The Kier molecular flexibility index (Phi) is 5.01. The Morgan fingerprint density at radius 2 is 2.28 bits per heavy atom. The van der Waals surface area contributed by atoms with Gasteiger partial charge >= 0.3 is 5.97 Å². The Labute approximate surface area is 109 Å². The molecule has 4 nitrogen and oxygen atoms in total. The minimum atomic E-state index is -0.624. The Morgan fingerprint density at radius 1 is 1.44 bits per heavy atom. The van der Waals surface area contributed by atoms with Gasteiger partial charge in [0.15, 0.2) is 0 Å². The number of nitrogens with zero attached hydrogens (tertiary/aromatic N) is 1. The SMILES string of the molecule is CC1CC(C(=O)O)CCN1CCCC1CCCO1. The summed E-state index contributed by atoms with van der Waals surface area (Å²) in [5.74, 6) is -0.754. The molecule has 104 valence electrons. The summed E-state index contributed by atoms with van der Waals surface area (Å²) in [5, 5.41) is 9.03. The van der Waals surface area contributed by atoms with Gasteiger partial charge in [0.1, 0.15) is 0 Å². The highest BCUT2D eigenvalue weighted by molar-refractivity contribution is 5.70. The molecule has 2 fully saturated rings. The molecule has 3 unspecified atom stereocenters. The van der Waals surface area contributed by atoms with Crippen LogP contribution in [-0.4, -0.2) is 47.8 Å². The maximum absolute atomic E-state index is 11.0. The number of rotatable bonds is 5. The fraction of sp³-hybridized carbons (Fsp3) is 0.929. The topological polar surface area (TPSA) is 49.8 Å². The molecule has 3 atom stereocenters. The van der Waals surface area contributed by atoms with Crippen molar-refractivity contribution in [3.05, 3.63) is 0 Å². The number of carboxylic acids is 1. The monoisotopic (exact) mass is 255 g/mol. The quantitative estimate of drug-likeness (QED) is 0.817. The summed E-state index contributed by atoms with van der Waals surface area (Å²) in [5.41, 5.74) is 0. The number of ether oxygens (including phenoxy) is 1. The van der Waals surface area contributed by atoms with E-state index in [1.54, 1.807) is 0 Å². The molecule has 0 aromatic carbocycles. The van der Waals surface area contributed by atoms with Gasteiger partial charge in [0.2, 0.25) is 0 Å². The number of hydrogen-bond donors (Lipinski definition) is 1. The van der Waals surface area contributed by atoms with Crippen molar-refractivity contribution >= 4 is 5.97 Å². The Hall–Kier alpha value is -0.610. The average Bonchev–Trinajstić information content (AvgIpc) is 2.84. The predicted octanol–water partition coefficient (Wildman–Crippen LogP) is 2.13. The second-order valence-corrected chi connectivity index (χ2v) is 5.72. The molecule has 2 aliphatic heterocycles. The summed E-state index contributed by atoms with van der Waals surface area (Å²) < 4.78 is 5.62. The van der Waals surface area contributed by atoms with Gasteiger partial charge in [0, 0.05) is 12.6 Å². The lowest BCUT2D eigenvalue weighted by atomic mass is 9.91. The summed E-state index contributed by atoms with van der Waals surface area (Å²) in [7, 11) is 0. The molecule has 18 heavy (non-hydrogen) atoms. The molecule has 0 aliphatic carbocycles. The molecule has 0 aromatic heterocycles. The molecule has 0 spiro atoms. The van der Waals surface area contributed by atoms with Crippen LogP contribution in [0.25, 0.3) is 0 Å². The number of hydrogen-bond acceptors (Lipinski definition) is 3. The van der Waals surface area contributed by atoms with Crippen LogP contribution >= 0.6 is 0 Å². The Morgan fingerprint density at radius 3 is 2.89 bits per heavy atom. The molecule has 0 saturated carbocycles. The van der Waals surface area contributed by atoms with Crippen molar-refractivity contribution in [1.29, 1.82) is 0 Å². The van der Waals surface area contributed by atoms with Crippen LogP contribution in [0, 0.1) is 5.92 Å². The third-order valence-electron chi connectivity index (χ3n) is 4.36. The van der Waals surface area contributed by atoms with E-state index in [1.807, 2.05) is 0 Å². The van der Waals surface area contributed by atoms with E-state index in [0.29, 0.717) is 12.1 Å². The van der Waals surface area contributed by atoms with Crippen molar-refractivity contribution in [2.45, 2.75) is 57.6 Å². The minimum absolute atomic E-state index is 0.130. The Balaban J connectivity index is 1.65. The normalized spacial score (nSPS) is 33.7. The summed E-state index contributed by atoms with van der Waals surface area (Å²) >= 11 is 0. The number of carboxylic acid groups (broad SMARTS) is 1. The molecule has 0 bridgehead atoms. The number of carbonyl (C=O) groups is 1. The molecule has 2 rings (SSSR count). The summed E-state index contributed by atoms with van der Waals surface area (Å²) in [6.07, 6.45) is 6.85. The second-order valence-electron chi connectivity index (χ2n) is 5.72. The lowest BCUT2D eigenvalue weighted by Gasteiger charge is -2.36. The van der Waals surface area contributed by atoms with E-state index in [2.05, 4.69) is 11.8 Å². The first-order valence-electron chi connectivity index (χ1n) is 7.25. The smallest absolute Gasteiger partial charge is 0.306 e. The largest absolute Gasteiger partial charge is 0.481 e. The van der Waals surface area contributed by atoms with E-state index in [-0.39, 0.29) is 5.92 Å². The standard InChI is InChI=1S/C14H25NO3/c1-11-10-12(14(16)17)6-8-15(11)7-2-4-13-5-3-9-18-13/h11-13H,2-10H2,1H3,(H,16,17). The van der Waals surface area contributed by atoms with E-state index in [4.69, 9.17) is 9.84 Å². The highest BCUT2D eigenvalue weighted by Gasteiger charge is 2.29. The molecule has 1 N–H and O–H groups in total. The van der Waals surface area contributed by atoms with Gasteiger partial charge in [0.05, 0.1) is 12.0 Å². The van der Waals surface area contributed by atoms with E-state index >= 15 is 0 Å². The van der Waals surface area contributed by atoms with Crippen molar-refractivity contribution in [3.8, 4) is 0 Å². The van der Waals surface area contributed by atoms with Gasteiger partial charge in [-0.2, -0.15) is 0 Å². The maximum Gasteiger partial charge on any atom is 0.306 e. The van der Waals surface area contributed by atoms with Crippen molar-refractivity contribution in [3.63, 3.8) is 0 Å². The molecule has 0 radical (unpaired) electrons. The van der Waals surface area contributed by atoms with Crippen LogP contribution in [0.5, 0.6) is 0 Å². The van der Waals surface area contributed by atoms with E-state index in [0.717, 1.165) is 39.0 Å². The van der Waals surface area contributed by atoms with Crippen molar-refractivity contribution in [1.82, 2.24) is 4.90 Å². The first-order chi connectivity index (χ1) is 8.66. The van der Waals surface area contributed by atoms with Crippen molar-refractivity contribution in [2.24, 2.45) is 5.92 Å². The lowest BCUT2D eigenvalue weighted by Crippen LogP contribution is -2.43. The highest BCUT2D eigenvalue weighted by atomic mass is 16.5. The van der Waals surface area contributed by atoms with Gasteiger partial charge in [0.25, 0.3) is 0 Å². The van der Waals surface area contributed by atoms with E-state index in [1.165, 1.54) is 19.3 Å². The van der Waals surface area contributed by atoms with Crippen LogP contribution in [0.1, 0.15) is 45.4 Å². The number of aliphatic carboxylic acids is 1. The molecular formula is C14H25NO3. The van der Waals surface area contributed by atoms with Gasteiger partial charge in [-0.3, -0.25) is 4.79 Å². The number of likely N-dealkylation sites (tertiary alicyclic amines) is 1. The zero-order valence-corrected chi connectivity index (χ0v) is 11.3. The van der Waals surface area contributed by atoms with Crippen molar-refractivity contribution < 1.29 is 14.6 Å². The van der Waals surface area contributed by atoms with Gasteiger partial charge in [-0.25, -0.2) is 0 Å².